The summed E-state index contributed by atoms with van der Waals surface area (Å²) in [5, 5.41) is 12.7. The Hall–Kier alpha value is -3.94. The Morgan fingerprint density at radius 2 is 1.66 bits per heavy atom. The molecule has 0 atom stereocenters. The van der Waals surface area contributed by atoms with Crippen LogP contribution in [0.5, 0.6) is 0 Å². The summed E-state index contributed by atoms with van der Waals surface area (Å²) >= 11 is 0. The van der Waals surface area contributed by atoms with Gasteiger partial charge >= 0.3 is 12.1 Å². The number of aryl methyl sites for hydroxylation is 2. The van der Waals surface area contributed by atoms with E-state index in [1.54, 1.807) is 37.3 Å². The second-order valence-corrected chi connectivity index (χ2v) is 8.29. The van der Waals surface area contributed by atoms with Crippen LogP contribution in [0.15, 0.2) is 71.3 Å². The van der Waals surface area contributed by atoms with Gasteiger partial charge in [0.25, 0.3) is 5.89 Å². The van der Waals surface area contributed by atoms with Gasteiger partial charge < -0.3 is 9.63 Å². The molecule has 1 N–H and O–H groups in total. The average molecular weight is 480 g/mol. The van der Waals surface area contributed by atoms with E-state index in [-0.39, 0.29) is 29.3 Å². The lowest BCUT2D eigenvalue weighted by molar-refractivity contribution is -0.138. The van der Waals surface area contributed by atoms with Crippen molar-refractivity contribution in [1.82, 2.24) is 10.1 Å². The van der Waals surface area contributed by atoms with Crippen molar-refractivity contribution in [3.8, 4) is 34.0 Å². The van der Waals surface area contributed by atoms with Crippen LogP contribution in [0.2, 0.25) is 0 Å². The molecule has 3 aromatic carbocycles. The summed E-state index contributed by atoms with van der Waals surface area (Å²) < 4.78 is 47.1. The number of carbonyl (C=O) groups is 1. The highest BCUT2D eigenvalue weighted by Crippen LogP contribution is 2.40. The lowest BCUT2D eigenvalue weighted by atomic mass is 9.94. The summed E-state index contributed by atoms with van der Waals surface area (Å²) in [7, 11) is 0. The Bertz CT molecular complexity index is 1330. The van der Waals surface area contributed by atoms with Crippen molar-refractivity contribution in [2.24, 2.45) is 0 Å². The third-order valence-corrected chi connectivity index (χ3v) is 5.75. The van der Waals surface area contributed by atoms with Crippen molar-refractivity contribution in [2.75, 3.05) is 0 Å². The summed E-state index contributed by atoms with van der Waals surface area (Å²) in [6.45, 7) is 1.77. The first-order chi connectivity index (χ1) is 16.7. The molecular formula is C27H23F3N2O3. The third kappa shape index (κ3) is 5.77. The Balaban J connectivity index is 1.56. The maximum atomic E-state index is 13.9. The van der Waals surface area contributed by atoms with Gasteiger partial charge in [-0.05, 0) is 60.6 Å². The molecule has 1 heterocycles. The maximum absolute atomic E-state index is 13.9. The number of halogens is 3. The van der Waals surface area contributed by atoms with E-state index in [0.717, 1.165) is 30.0 Å². The largest absolute Gasteiger partial charge is 0.481 e. The van der Waals surface area contributed by atoms with Crippen LogP contribution in [0, 0.1) is 6.92 Å². The smallest absolute Gasteiger partial charge is 0.417 e. The zero-order valence-electron chi connectivity index (χ0n) is 19.0. The van der Waals surface area contributed by atoms with Gasteiger partial charge in [-0.25, -0.2) is 0 Å². The van der Waals surface area contributed by atoms with Gasteiger partial charge in [0.1, 0.15) is 0 Å². The van der Waals surface area contributed by atoms with Crippen LogP contribution in [-0.2, 0) is 17.4 Å². The number of hydrogen-bond acceptors (Lipinski definition) is 4. The Morgan fingerprint density at radius 3 is 2.34 bits per heavy atom. The fourth-order valence-electron chi connectivity index (χ4n) is 3.91. The monoisotopic (exact) mass is 480 g/mol. The fourth-order valence-corrected chi connectivity index (χ4v) is 3.91. The molecule has 0 fully saturated rings. The topological polar surface area (TPSA) is 76.2 Å². The minimum atomic E-state index is -4.56. The molecule has 8 heteroatoms. The predicted octanol–water partition coefficient (Wildman–Crippen LogP) is 7.20. The zero-order chi connectivity index (χ0) is 25.0. The zero-order valence-corrected chi connectivity index (χ0v) is 19.0. The molecule has 0 amide bonds. The SMILES string of the molecule is Cc1ccccc1-c1ccc(-c2nc(-c3ccc(CCCCC(=O)O)cc3)no2)cc1C(F)(F)F. The highest BCUT2D eigenvalue weighted by atomic mass is 19.4. The van der Waals surface area contributed by atoms with E-state index in [9.17, 15) is 18.0 Å². The first-order valence-electron chi connectivity index (χ1n) is 11.1. The maximum Gasteiger partial charge on any atom is 0.417 e. The fraction of sp³-hybridized carbons (Fsp3) is 0.222. The molecule has 180 valence electrons. The van der Waals surface area contributed by atoms with Crippen LogP contribution in [0.3, 0.4) is 0 Å². The third-order valence-electron chi connectivity index (χ3n) is 5.75. The molecule has 0 aliphatic heterocycles. The molecule has 1 aromatic heterocycles. The molecule has 4 rings (SSSR count). The summed E-state index contributed by atoms with van der Waals surface area (Å²) in [4.78, 5) is 14.9. The van der Waals surface area contributed by atoms with Crippen LogP contribution in [0.4, 0.5) is 13.2 Å². The predicted molar refractivity (Wildman–Crippen MR) is 126 cm³/mol. The summed E-state index contributed by atoms with van der Waals surface area (Å²) in [5.74, 6) is -0.533. The van der Waals surface area contributed by atoms with Gasteiger partial charge in [-0.1, -0.05) is 59.8 Å². The van der Waals surface area contributed by atoms with E-state index in [4.69, 9.17) is 9.63 Å². The number of benzene rings is 3. The number of carboxylic acid groups (broad SMARTS) is 1. The molecule has 0 bridgehead atoms. The lowest BCUT2D eigenvalue weighted by Gasteiger charge is -2.15. The van der Waals surface area contributed by atoms with E-state index in [1.807, 2.05) is 24.3 Å². The lowest BCUT2D eigenvalue weighted by Crippen LogP contribution is -2.08. The number of aromatic nitrogens is 2. The van der Waals surface area contributed by atoms with Crippen molar-refractivity contribution < 1.29 is 27.6 Å². The van der Waals surface area contributed by atoms with Crippen molar-refractivity contribution in [3.63, 3.8) is 0 Å². The minimum Gasteiger partial charge on any atom is -0.481 e. The normalized spacial score (nSPS) is 11.5. The van der Waals surface area contributed by atoms with E-state index in [0.29, 0.717) is 17.5 Å². The highest BCUT2D eigenvalue weighted by molar-refractivity contribution is 5.74. The molecule has 0 radical (unpaired) electrons. The Morgan fingerprint density at radius 1 is 0.943 bits per heavy atom. The van der Waals surface area contributed by atoms with E-state index in [1.165, 1.54) is 6.07 Å². The van der Waals surface area contributed by atoms with Crippen molar-refractivity contribution in [1.29, 1.82) is 0 Å². The van der Waals surface area contributed by atoms with Gasteiger partial charge in [-0.3, -0.25) is 4.79 Å². The molecule has 0 aliphatic carbocycles. The number of carboxylic acids is 1. The number of unbranched alkanes of at least 4 members (excludes halogenated alkanes) is 1. The number of aliphatic carboxylic acids is 1. The molecular weight excluding hydrogens is 457 g/mol. The quantitative estimate of drug-likeness (QED) is 0.270. The highest BCUT2D eigenvalue weighted by Gasteiger charge is 2.34. The summed E-state index contributed by atoms with van der Waals surface area (Å²) in [6.07, 6.45) is -2.30. The molecule has 0 unspecified atom stereocenters. The Labute approximate surface area is 200 Å². The van der Waals surface area contributed by atoms with E-state index < -0.39 is 17.7 Å². The number of nitrogens with zero attached hydrogens (tertiary/aromatic N) is 2. The second kappa shape index (κ2) is 10.1. The summed E-state index contributed by atoms with van der Waals surface area (Å²) in [6, 6.07) is 18.4. The molecule has 35 heavy (non-hydrogen) atoms. The first kappa shape index (κ1) is 24.2. The van der Waals surface area contributed by atoms with Crippen molar-refractivity contribution in [2.45, 2.75) is 38.8 Å². The standard InChI is InChI=1S/C27H23F3N2O3/c1-17-6-2-4-8-21(17)22-15-14-20(16-23(22)27(28,29)30)26-31-25(32-35-26)19-12-10-18(11-13-19)7-3-5-9-24(33)34/h2,4,6,8,10-16H,3,5,7,9H2,1H3,(H,33,34). The number of alkyl halides is 3. The van der Waals surface area contributed by atoms with Crippen LogP contribution < -0.4 is 0 Å². The second-order valence-electron chi connectivity index (χ2n) is 8.29. The molecule has 0 saturated heterocycles. The number of hydrogen-bond donors (Lipinski definition) is 1. The first-order valence-corrected chi connectivity index (χ1v) is 11.1. The van der Waals surface area contributed by atoms with Gasteiger partial charge in [-0.15, -0.1) is 0 Å². The molecule has 0 saturated carbocycles. The van der Waals surface area contributed by atoms with Crippen LogP contribution in [-0.4, -0.2) is 21.2 Å². The molecule has 0 aliphatic rings. The van der Waals surface area contributed by atoms with Crippen LogP contribution >= 0.6 is 0 Å². The van der Waals surface area contributed by atoms with Crippen LogP contribution in [0.25, 0.3) is 34.0 Å². The molecule has 0 spiro atoms. The summed E-state index contributed by atoms with van der Waals surface area (Å²) in [5.41, 5.74) is 2.49. The van der Waals surface area contributed by atoms with Crippen LogP contribution in [0.1, 0.15) is 36.0 Å². The van der Waals surface area contributed by atoms with Gasteiger partial charge in [0.2, 0.25) is 5.82 Å². The van der Waals surface area contributed by atoms with Crippen molar-refractivity contribution >= 4 is 5.97 Å². The van der Waals surface area contributed by atoms with Gasteiger partial charge in [0.15, 0.2) is 0 Å². The number of rotatable bonds is 8. The molecule has 4 aromatic rings. The molecule has 5 nitrogen and oxygen atoms in total. The minimum absolute atomic E-state index is 0.000388. The van der Waals surface area contributed by atoms with E-state index in [2.05, 4.69) is 10.1 Å². The average Bonchev–Trinajstić information content (AvgIpc) is 3.32. The van der Waals surface area contributed by atoms with Gasteiger partial charge in [0, 0.05) is 17.5 Å². The van der Waals surface area contributed by atoms with Crippen molar-refractivity contribution in [3.05, 3.63) is 83.4 Å². The Kier molecular flexibility index (Phi) is 7.00. The van der Waals surface area contributed by atoms with Gasteiger partial charge in [0.05, 0.1) is 5.56 Å². The van der Waals surface area contributed by atoms with Gasteiger partial charge in [-0.2, -0.15) is 18.2 Å². The van der Waals surface area contributed by atoms with E-state index >= 15 is 0 Å².